The van der Waals surface area contributed by atoms with Crippen LogP contribution in [0.5, 0.6) is 5.75 Å². The number of hydrogen-bond acceptors (Lipinski definition) is 3. The number of halogens is 2. The monoisotopic (exact) mass is 406 g/mol. The van der Waals surface area contributed by atoms with Crippen LogP contribution in [0.3, 0.4) is 0 Å². The van der Waals surface area contributed by atoms with Gasteiger partial charge in [-0.05, 0) is 55.8 Å². The van der Waals surface area contributed by atoms with Gasteiger partial charge in [0.05, 0.1) is 11.8 Å². The molecule has 0 aromatic heterocycles. The van der Waals surface area contributed by atoms with Crippen molar-refractivity contribution in [3.63, 3.8) is 0 Å². The summed E-state index contributed by atoms with van der Waals surface area (Å²) in [5.41, 5.74) is 6.27. The van der Waals surface area contributed by atoms with Crippen molar-refractivity contribution >= 4 is 17.3 Å². The topological polar surface area (TPSA) is 24.8 Å². The molecule has 146 valence electrons. The largest absolute Gasteiger partial charge is 0.464 e. The van der Waals surface area contributed by atoms with E-state index in [1.807, 2.05) is 29.3 Å². The molecule has 0 N–H and O–H groups in total. The van der Waals surface area contributed by atoms with Crippen molar-refractivity contribution < 1.29 is 9.13 Å². The standard InChI is InChI=1S/C24H20ClFN2O/c1-14-6-7-15(2)19(10-14)21-13-22-20-12-17(25)8-9-23(20)29-24(28(22)27-21)16-4-3-5-18(26)11-16/h3-12,22,24H,13H2,1-2H3/t22-,24+/m0/s1. The van der Waals surface area contributed by atoms with E-state index in [1.54, 1.807) is 6.07 Å². The number of nitrogens with zero attached hydrogens (tertiary/aromatic N) is 2. The Morgan fingerprint density at radius 1 is 1.07 bits per heavy atom. The van der Waals surface area contributed by atoms with Gasteiger partial charge in [-0.1, -0.05) is 41.4 Å². The maximum Gasteiger partial charge on any atom is 0.213 e. The molecule has 0 bridgehead atoms. The highest BCUT2D eigenvalue weighted by molar-refractivity contribution is 6.30. The Balaban J connectivity index is 1.64. The van der Waals surface area contributed by atoms with Crippen molar-refractivity contribution in [2.75, 3.05) is 0 Å². The van der Waals surface area contributed by atoms with Crippen molar-refractivity contribution in [3.05, 3.63) is 99.3 Å². The molecule has 2 aliphatic heterocycles. The summed E-state index contributed by atoms with van der Waals surface area (Å²) in [6.07, 6.45) is 0.249. The van der Waals surface area contributed by atoms with E-state index in [0.29, 0.717) is 5.02 Å². The summed E-state index contributed by atoms with van der Waals surface area (Å²) in [5.74, 6) is 0.477. The minimum Gasteiger partial charge on any atom is -0.464 e. The highest BCUT2D eigenvalue weighted by Crippen LogP contribution is 2.48. The molecule has 2 heterocycles. The number of ether oxygens (including phenoxy) is 1. The van der Waals surface area contributed by atoms with Gasteiger partial charge in [-0.25, -0.2) is 9.40 Å². The fraction of sp³-hybridized carbons (Fsp3) is 0.208. The third-order valence-corrected chi connectivity index (χ3v) is 5.82. The fourth-order valence-electron chi connectivity index (χ4n) is 4.15. The Morgan fingerprint density at radius 2 is 1.93 bits per heavy atom. The van der Waals surface area contributed by atoms with Gasteiger partial charge in [0.15, 0.2) is 0 Å². The van der Waals surface area contributed by atoms with Crippen LogP contribution in [0.25, 0.3) is 0 Å². The molecule has 3 aromatic rings. The highest BCUT2D eigenvalue weighted by Gasteiger charge is 2.41. The van der Waals surface area contributed by atoms with E-state index in [2.05, 4.69) is 32.0 Å². The average Bonchev–Trinajstić information content (AvgIpc) is 3.15. The summed E-state index contributed by atoms with van der Waals surface area (Å²) < 4.78 is 20.2. The zero-order chi connectivity index (χ0) is 20.1. The molecule has 0 radical (unpaired) electrons. The number of benzene rings is 3. The number of aryl methyl sites for hydroxylation is 2. The van der Waals surface area contributed by atoms with Gasteiger partial charge in [0.1, 0.15) is 11.6 Å². The van der Waals surface area contributed by atoms with Gasteiger partial charge < -0.3 is 4.74 Å². The minimum atomic E-state index is -0.494. The van der Waals surface area contributed by atoms with Gasteiger partial charge in [-0.3, -0.25) is 0 Å². The molecule has 0 aliphatic carbocycles. The molecule has 0 spiro atoms. The van der Waals surface area contributed by atoms with E-state index in [-0.39, 0.29) is 11.9 Å². The van der Waals surface area contributed by atoms with Crippen LogP contribution in [0, 0.1) is 19.7 Å². The Morgan fingerprint density at radius 3 is 2.76 bits per heavy atom. The summed E-state index contributed by atoms with van der Waals surface area (Å²) in [6, 6.07) is 18.5. The molecule has 5 heteroatoms. The predicted octanol–water partition coefficient (Wildman–Crippen LogP) is 6.34. The van der Waals surface area contributed by atoms with Crippen LogP contribution in [0.15, 0.2) is 65.8 Å². The molecule has 0 fully saturated rings. The Kier molecular flexibility index (Phi) is 4.32. The molecule has 29 heavy (non-hydrogen) atoms. The second-order valence-electron chi connectivity index (χ2n) is 7.67. The number of hydrazone groups is 1. The lowest BCUT2D eigenvalue weighted by atomic mass is 9.93. The van der Waals surface area contributed by atoms with Crippen molar-refractivity contribution in [2.24, 2.45) is 5.10 Å². The summed E-state index contributed by atoms with van der Waals surface area (Å²) in [5, 5.41) is 7.57. The highest BCUT2D eigenvalue weighted by atomic mass is 35.5. The molecule has 2 aliphatic rings. The fourth-order valence-corrected chi connectivity index (χ4v) is 4.33. The zero-order valence-electron chi connectivity index (χ0n) is 16.2. The van der Waals surface area contributed by atoms with Crippen LogP contribution >= 0.6 is 11.6 Å². The van der Waals surface area contributed by atoms with E-state index >= 15 is 0 Å². The van der Waals surface area contributed by atoms with Gasteiger partial charge >= 0.3 is 0 Å². The lowest BCUT2D eigenvalue weighted by Gasteiger charge is -2.38. The van der Waals surface area contributed by atoms with E-state index in [0.717, 1.165) is 34.6 Å². The predicted molar refractivity (Wildman–Crippen MR) is 113 cm³/mol. The van der Waals surface area contributed by atoms with E-state index in [9.17, 15) is 4.39 Å². The molecule has 0 saturated heterocycles. The first-order chi connectivity index (χ1) is 14.0. The molecular formula is C24H20ClFN2O. The minimum absolute atomic E-state index is 0.0133. The van der Waals surface area contributed by atoms with Crippen molar-refractivity contribution in [1.29, 1.82) is 0 Å². The van der Waals surface area contributed by atoms with Crippen LogP contribution in [0.2, 0.25) is 5.02 Å². The molecule has 0 amide bonds. The summed E-state index contributed by atoms with van der Waals surface area (Å²) >= 11 is 6.28. The lowest BCUT2D eigenvalue weighted by molar-refractivity contribution is -0.0192. The maximum absolute atomic E-state index is 13.9. The number of rotatable bonds is 2. The first-order valence-electron chi connectivity index (χ1n) is 9.64. The van der Waals surface area contributed by atoms with Crippen LogP contribution in [0.1, 0.15) is 46.5 Å². The second kappa shape index (κ2) is 6.89. The Labute approximate surface area is 174 Å². The summed E-state index contributed by atoms with van der Waals surface area (Å²) in [7, 11) is 0. The summed E-state index contributed by atoms with van der Waals surface area (Å²) in [4.78, 5) is 0. The lowest BCUT2D eigenvalue weighted by Crippen LogP contribution is -2.33. The second-order valence-corrected chi connectivity index (χ2v) is 8.11. The third kappa shape index (κ3) is 3.18. The first kappa shape index (κ1) is 18.2. The first-order valence-corrected chi connectivity index (χ1v) is 10.0. The zero-order valence-corrected chi connectivity index (χ0v) is 16.9. The smallest absolute Gasteiger partial charge is 0.213 e. The molecule has 0 unspecified atom stereocenters. The molecule has 3 aromatic carbocycles. The van der Waals surface area contributed by atoms with Crippen LogP contribution in [-0.4, -0.2) is 10.7 Å². The van der Waals surface area contributed by atoms with Crippen molar-refractivity contribution in [3.8, 4) is 5.75 Å². The van der Waals surface area contributed by atoms with Crippen LogP contribution < -0.4 is 4.74 Å². The van der Waals surface area contributed by atoms with Gasteiger partial charge in [0.2, 0.25) is 6.23 Å². The molecule has 2 atom stereocenters. The third-order valence-electron chi connectivity index (χ3n) is 5.59. The number of fused-ring (bicyclic) bond motifs is 3. The van der Waals surface area contributed by atoms with Crippen molar-refractivity contribution in [2.45, 2.75) is 32.5 Å². The maximum atomic E-state index is 13.9. The van der Waals surface area contributed by atoms with E-state index in [1.165, 1.54) is 23.3 Å². The van der Waals surface area contributed by atoms with Crippen molar-refractivity contribution in [1.82, 2.24) is 5.01 Å². The molecule has 5 rings (SSSR count). The molecule has 3 nitrogen and oxygen atoms in total. The summed E-state index contributed by atoms with van der Waals surface area (Å²) in [6.45, 7) is 4.18. The Bertz CT molecular complexity index is 1140. The van der Waals surface area contributed by atoms with Crippen LogP contribution in [-0.2, 0) is 0 Å². The molecular weight excluding hydrogens is 387 g/mol. The quantitative estimate of drug-likeness (QED) is 0.496. The SMILES string of the molecule is Cc1ccc(C)c(C2=NN3[C@@H](c4cccc(F)c4)Oc4ccc(Cl)cc4[C@@H]3C2)c1. The van der Waals surface area contributed by atoms with Gasteiger partial charge in [-0.15, -0.1) is 0 Å². The van der Waals surface area contributed by atoms with Gasteiger partial charge in [0, 0.05) is 28.1 Å². The molecule has 0 saturated carbocycles. The number of hydrogen-bond donors (Lipinski definition) is 0. The van der Waals surface area contributed by atoms with Gasteiger partial charge in [-0.2, -0.15) is 5.10 Å². The van der Waals surface area contributed by atoms with Gasteiger partial charge in [0.25, 0.3) is 0 Å². The van der Waals surface area contributed by atoms with E-state index < -0.39 is 6.23 Å². The van der Waals surface area contributed by atoms with Crippen LogP contribution in [0.4, 0.5) is 4.39 Å². The van der Waals surface area contributed by atoms with E-state index in [4.69, 9.17) is 21.4 Å². The normalized spacial score (nSPS) is 20.0. The Hall–Kier alpha value is -2.85. The average molecular weight is 407 g/mol.